The molecule has 3 heterocycles. The van der Waals surface area contributed by atoms with Crippen LogP contribution in [0.25, 0.3) is 33.3 Å². The molecule has 0 saturated carbocycles. The average molecular weight is 463 g/mol. The van der Waals surface area contributed by atoms with Crippen LogP contribution < -0.4 is 0 Å². The van der Waals surface area contributed by atoms with Crippen LogP contribution in [-0.4, -0.2) is 49.8 Å². The summed E-state index contributed by atoms with van der Waals surface area (Å²) in [4.78, 5) is 8.84. The fourth-order valence-electron chi connectivity index (χ4n) is 4.55. The largest absolute Gasteiger partial charge is 0.354 e. The molecule has 170 valence electrons. The van der Waals surface area contributed by atoms with E-state index in [1.807, 2.05) is 42.4 Å². The average Bonchev–Trinajstić information content (AvgIpc) is 3.14. The summed E-state index contributed by atoms with van der Waals surface area (Å²) in [5.41, 5.74) is 8.60. The van der Waals surface area contributed by atoms with Crippen molar-refractivity contribution in [3.8, 4) is 22.4 Å². The summed E-state index contributed by atoms with van der Waals surface area (Å²) in [5.74, 6) is 0. The molecule has 0 bridgehead atoms. The Morgan fingerprint density at radius 3 is 2.30 bits per heavy atom. The number of H-pyrrole nitrogens is 1. The van der Waals surface area contributed by atoms with Crippen molar-refractivity contribution in [2.75, 3.05) is 26.2 Å². The Balaban J connectivity index is 1.48. The molecular formula is C26H27FN4OS. The van der Waals surface area contributed by atoms with E-state index in [-0.39, 0.29) is 13.1 Å². The Morgan fingerprint density at radius 1 is 0.879 bits per heavy atom. The van der Waals surface area contributed by atoms with E-state index >= 15 is 0 Å². The minimum Gasteiger partial charge on any atom is -0.354 e. The molecule has 2 aromatic carbocycles. The standard InChI is InChI=1S/C26H27FN4OS/c1-17-13-22(14-18(2)28-17)26-19(3)24-8-7-21(16-25(24)29-26)20-5-4-6-23(15-20)33(32)31-11-9-30(27)10-12-31/h4-8,13-16,29H,9-12H2,1-3H3. The number of aromatic amines is 1. The smallest absolute Gasteiger partial charge is 0.127 e. The maximum Gasteiger partial charge on any atom is 0.127 e. The lowest BCUT2D eigenvalue weighted by Gasteiger charge is -2.28. The molecule has 5 nitrogen and oxygen atoms in total. The van der Waals surface area contributed by atoms with E-state index in [0.717, 1.165) is 49.3 Å². The Hall–Kier alpha value is -2.87. The van der Waals surface area contributed by atoms with Crippen LogP contribution in [0.2, 0.25) is 0 Å². The molecule has 5 rings (SSSR count). The van der Waals surface area contributed by atoms with E-state index in [2.05, 4.69) is 47.2 Å². The van der Waals surface area contributed by atoms with Gasteiger partial charge in [-0.1, -0.05) is 24.3 Å². The summed E-state index contributed by atoms with van der Waals surface area (Å²) in [5, 5.41) is 1.96. The van der Waals surface area contributed by atoms with E-state index in [9.17, 15) is 8.69 Å². The second-order valence-electron chi connectivity index (χ2n) is 8.64. The van der Waals surface area contributed by atoms with Gasteiger partial charge in [-0.25, -0.2) is 8.51 Å². The van der Waals surface area contributed by atoms with Crippen molar-refractivity contribution in [1.82, 2.24) is 19.4 Å². The lowest BCUT2D eigenvalue weighted by Crippen LogP contribution is -2.43. The highest BCUT2D eigenvalue weighted by atomic mass is 32.2. The maximum atomic E-state index is 13.3. The molecule has 33 heavy (non-hydrogen) atoms. The predicted octanol–water partition coefficient (Wildman–Crippen LogP) is 5.35. The highest BCUT2D eigenvalue weighted by Crippen LogP contribution is 2.33. The van der Waals surface area contributed by atoms with E-state index in [1.54, 1.807) is 0 Å². The zero-order valence-corrected chi connectivity index (χ0v) is 19.9. The summed E-state index contributed by atoms with van der Waals surface area (Å²) >= 11 is 0. The molecule has 7 heteroatoms. The molecule has 1 fully saturated rings. The fourth-order valence-corrected chi connectivity index (χ4v) is 5.76. The van der Waals surface area contributed by atoms with Gasteiger partial charge in [-0.15, -0.1) is 9.60 Å². The third-order valence-corrected chi connectivity index (χ3v) is 7.71. The van der Waals surface area contributed by atoms with Crippen molar-refractivity contribution in [3.05, 3.63) is 71.5 Å². The molecule has 4 aromatic rings. The quantitative estimate of drug-likeness (QED) is 0.416. The topological polar surface area (TPSA) is 52.2 Å². The second kappa shape index (κ2) is 8.82. The summed E-state index contributed by atoms with van der Waals surface area (Å²) < 4.78 is 28.2. The molecule has 1 atom stereocenters. The molecular weight excluding hydrogens is 435 g/mol. The van der Waals surface area contributed by atoms with Crippen LogP contribution in [0.3, 0.4) is 0 Å². The van der Waals surface area contributed by atoms with Gasteiger partial charge in [0.15, 0.2) is 0 Å². The van der Waals surface area contributed by atoms with Crippen LogP contribution in [0, 0.1) is 20.8 Å². The number of aromatic nitrogens is 2. The van der Waals surface area contributed by atoms with Crippen molar-refractivity contribution in [3.63, 3.8) is 0 Å². The summed E-state index contributed by atoms with van der Waals surface area (Å²) in [6, 6.07) is 18.4. The van der Waals surface area contributed by atoms with Gasteiger partial charge in [-0.05, 0) is 67.8 Å². The minimum atomic E-state index is -1.30. The van der Waals surface area contributed by atoms with Gasteiger partial charge in [0.25, 0.3) is 0 Å². The van der Waals surface area contributed by atoms with Crippen molar-refractivity contribution in [2.45, 2.75) is 25.7 Å². The van der Waals surface area contributed by atoms with Crippen LogP contribution in [0.5, 0.6) is 0 Å². The predicted molar refractivity (Wildman–Crippen MR) is 132 cm³/mol. The number of benzene rings is 2. The number of nitrogens with one attached hydrogen (secondary N) is 1. The summed E-state index contributed by atoms with van der Waals surface area (Å²) in [7, 11) is -1.30. The Morgan fingerprint density at radius 2 is 1.58 bits per heavy atom. The van der Waals surface area contributed by atoms with Gasteiger partial charge in [-0.3, -0.25) is 4.98 Å². The first-order chi connectivity index (χ1) is 15.9. The molecule has 0 radical (unpaired) electrons. The molecule has 1 aliphatic heterocycles. The zero-order valence-electron chi connectivity index (χ0n) is 19.1. The number of hydrogen-bond donors (Lipinski definition) is 1. The number of aryl methyl sites for hydroxylation is 3. The van der Waals surface area contributed by atoms with E-state index < -0.39 is 11.0 Å². The third-order valence-electron chi connectivity index (χ3n) is 6.22. The normalized spacial score (nSPS) is 16.4. The van der Waals surface area contributed by atoms with Gasteiger partial charge < -0.3 is 4.98 Å². The van der Waals surface area contributed by atoms with E-state index in [0.29, 0.717) is 13.1 Å². The molecule has 0 amide bonds. The lowest BCUT2D eigenvalue weighted by atomic mass is 10.0. The number of fused-ring (bicyclic) bond motifs is 1. The molecule has 2 aromatic heterocycles. The van der Waals surface area contributed by atoms with Gasteiger partial charge in [0.1, 0.15) is 11.0 Å². The number of nitrogens with zero attached hydrogens (tertiary/aromatic N) is 3. The first kappa shape index (κ1) is 21.9. The first-order valence-electron chi connectivity index (χ1n) is 11.1. The number of rotatable bonds is 4. The molecule has 0 aliphatic carbocycles. The molecule has 0 spiro atoms. The van der Waals surface area contributed by atoms with Crippen LogP contribution in [0.1, 0.15) is 17.0 Å². The van der Waals surface area contributed by atoms with Crippen LogP contribution in [0.15, 0.2) is 59.5 Å². The Bertz CT molecular complexity index is 1340. The molecule has 1 saturated heterocycles. The molecule has 1 unspecified atom stereocenters. The molecule has 1 aliphatic rings. The third kappa shape index (κ3) is 4.36. The second-order valence-corrected chi connectivity index (χ2v) is 10.1. The first-order valence-corrected chi connectivity index (χ1v) is 12.3. The number of hydrogen-bond acceptors (Lipinski definition) is 3. The summed E-state index contributed by atoms with van der Waals surface area (Å²) in [6.45, 7) is 7.65. The van der Waals surface area contributed by atoms with Gasteiger partial charge in [0, 0.05) is 59.7 Å². The van der Waals surface area contributed by atoms with Gasteiger partial charge in [-0.2, -0.15) is 0 Å². The van der Waals surface area contributed by atoms with E-state index in [4.69, 9.17) is 0 Å². The van der Waals surface area contributed by atoms with Crippen molar-refractivity contribution < 1.29 is 8.69 Å². The van der Waals surface area contributed by atoms with Crippen LogP contribution >= 0.6 is 0 Å². The minimum absolute atomic E-state index is 0.285. The van der Waals surface area contributed by atoms with E-state index in [1.165, 1.54) is 10.9 Å². The van der Waals surface area contributed by atoms with Crippen molar-refractivity contribution >= 4 is 21.9 Å². The highest BCUT2D eigenvalue weighted by Gasteiger charge is 2.22. The Kier molecular flexibility index (Phi) is 5.86. The van der Waals surface area contributed by atoms with Crippen LogP contribution in [0.4, 0.5) is 4.48 Å². The monoisotopic (exact) mass is 462 g/mol. The lowest BCUT2D eigenvalue weighted by molar-refractivity contribution is -0.00293. The fraction of sp³-hybridized carbons (Fsp3) is 0.269. The number of pyridine rings is 1. The maximum absolute atomic E-state index is 13.3. The zero-order chi connectivity index (χ0) is 23.1. The Labute approximate surface area is 195 Å². The van der Waals surface area contributed by atoms with Gasteiger partial charge in [0.2, 0.25) is 0 Å². The van der Waals surface area contributed by atoms with Crippen LogP contribution in [-0.2, 0) is 11.0 Å². The highest BCUT2D eigenvalue weighted by molar-refractivity contribution is 7.82. The van der Waals surface area contributed by atoms with Gasteiger partial charge in [0.05, 0.1) is 4.90 Å². The number of halogens is 1. The summed E-state index contributed by atoms with van der Waals surface area (Å²) in [6.07, 6.45) is 0. The van der Waals surface area contributed by atoms with Crippen molar-refractivity contribution in [1.29, 1.82) is 0 Å². The number of piperazine rings is 1. The van der Waals surface area contributed by atoms with Crippen molar-refractivity contribution in [2.24, 2.45) is 0 Å². The SMILES string of the molecule is Cc1cc(-c2[nH]c3cc(-c4cccc(S(=O)N5CCN(F)CC5)c4)ccc3c2C)cc(C)n1. The molecule has 1 N–H and O–H groups in total. The van der Waals surface area contributed by atoms with Gasteiger partial charge >= 0.3 is 0 Å².